The highest BCUT2D eigenvalue weighted by molar-refractivity contribution is 9.10. The topological polar surface area (TPSA) is 22.1 Å². The van der Waals surface area contributed by atoms with Crippen LogP contribution in [0.15, 0.2) is 22.9 Å². The summed E-state index contributed by atoms with van der Waals surface area (Å²) >= 11 is 3.38. The van der Waals surface area contributed by atoms with Gasteiger partial charge in [-0.05, 0) is 40.8 Å². The van der Waals surface area contributed by atoms with E-state index in [9.17, 15) is 0 Å². The summed E-state index contributed by atoms with van der Waals surface area (Å²) in [5.74, 6) is 1.70. The average molecular weight is 228 g/mol. The van der Waals surface area contributed by atoms with Crippen LogP contribution in [-0.4, -0.2) is 11.6 Å². The molecule has 1 aliphatic carbocycles. The van der Waals surface area contributed by atoms with Crippen molar-refractivity contribution in [2.45, 2.75) is 12.8 Å². The van der Waals surface area contributed by atoms with Crippen LogP contribution in [-0.2, 0) is 0 Å². The van der Waals surface area contributed by atoms with Gasteiger partial charge >= 0.3 is 0 Å². The van der Waals surface area contributed by atoms with E-state index in [1.807, 2.05) is 6.07 Å². The van der Waals surface area contributed by atoms with Crippen LogP contribution in [0.25, 0.3) is 0 Å². The van der Waals surface area contributed by atoms with Crippen molar-refractivity contribution in [3.8, 4) is 5.75 Å². The fraction of sp³-hybridized carbons (Fsp3) is 0.444. The lowest BCUT2D eigenvalue weighted by Crippen LogP contribution is -1.99. The molecular formula is C9H10BrNO. The van der Waals surface area contributed by atoms with E-state index in [0.717, 1.165) is 22.7 Å². The van der Waals surface area contributed by atoms with Crippen molar-refractivity contribution in [2.75, 3.05) is 6.61 Å². The first kappa shape index (κ1) is 8.05. The van der Waals surface area contributed by atoms with Gasteiger partial charge in [0, 0.05) is 12.4 Å². The predicted molar refractivity (Wildman–Crippen MR) is 50.2 cm³/mol. The van der Waals surface area contributed by atoms with Crippen LogP contribution in [0.2, 0.25) is 0 Å². The average Bonchev–Trinajstić information content (AvgIpc) is 2.86. The van der Waals surface area contributed by atoms with Gasteiger partial charge in [0.2, 0.25) is 0 Å². The molecule has 3 heteroatoms. The molecule has 0 radical (unpaired) electrons. The highest BCUT2D eigenvalue weighted by Gasteiger charge is 2.22. The van der Waals surface area contributed by atoms with Gasteiger partial charge in [-0.25, -0.2) is 0 Å². The molecule has 0 unspecified atom stereocenters. The number of nitrogens with zero attached hydrogens (tertiary/aromatic N) is 1. The molecule has 0 bridgehead atoms. The van der Waals surface area contributed by atoms with Crippen LogP contribution >= 0.6 is 15.9 Å². The number of rotatable bonds is 3. The summed E-state index contributed by atoms with van der Waals surface area (Å²) in [6.45, 7) is 0.850. The summed E-state index contributed by atoms with van der Waals surface area (Å²) in [6, 6.07) is 1.88. The Kier molecular flexibility index (Phi) is 2.30. The van der Waals surface area contributed by atoms with Crippen molar-refractivity contribution in [3.05, 3.63) is 22.9 Å². The number of pyridine rings is 1. The molecule has 0 saturated heterocycles. The Morgan fingerprint density at radius 1 is 1.58 bits per heavy atom. The summed E-state index contributed by atoms with van der Waals surface area (Å²) in [5.41, 5.74) is 0. The van der Waals surface area contributed by atoms with Crippen LogP contribution in [0.1, 0.15) is 12.8 Å². The largest absolute Gasteiger partial charge is 0.492 e. The normalized spacial score (nSPS) is 16.1. The van der Waals surface area contributed by atoms with Crippen LogP contribution in [0.4, 0.5) is 0 Å². The monoisotopic (exact) mass is 227 g/mol. The zero-order valence-corrected chi connectivity index (χ0v) is 8.25. The Morgan fingerprint density at radius 3 is 3.08 bits per heavy atom. The molecule has 0 atom stereocenters. The zero-order valence-electron chi connectivity index (χ0n) is 6.66. The molecule has 0 amide bonds. The second-order valence-electron chi connectivity index (χ2n) is 3.06. The van der Waals surface area contributed by atoms with Crippen molar-refractivity contribution in [1.82, 2.24) is 4.98 Å². The molecule has 1 aliphatic rings. The first-order chi connectivity index (χ1) is 5.86. The third-order valence-electron chi connectivity index (χ3n) is 1.91. The van der Waals surface area contributed by atoms with E-state index < -0.39 is 0 Å². The SMILES string of the molecule is Brc1cnccc1OCC1CC1. The van der Waals surface area contributed by atoms with Crippen LogP contribution in [0, 0.1) is 5.92 Å². The summed E-state index contributed by atoms with van der Waals surface area (Å²) in [6.07, 6.45) is 6.14. The Labute approximate surface area is 80.1 Å². The molecule has 1 aromatic rings. The van der Waals surface area contributed by atoms with Gasteiger partial charge in [0.15, 0.2) is 0 Å². The van der Waals surface area contributed by atoms with Crippen LogP contribution < -0.4 is 4.74 Å². The second kappa shape index (κ2) is 3.44. The fourth-order valence-electron chi connectivity index (χ4n) is 0.972. The minimum Gasteiger partial charge on any atom is -0.492 e. The van der Waals surface area contributed by atoms with Gasteiger partial charge in [-0.1, -0.05) is 0 Å². The standard InChI is InChI=1S/C9H10BrNO/c10-8-5-11-4-3-9(8)12-6-7-1-2-7/h3-5,7H,1-2,6H2. The Hall–Kier alpha value is -0.570. The first-order valence-corrected chi connectivity index (χ1v) is 4.88. The molecule has 2 rings (SSSR count). The minimum atomic E-state index is 0.796. The third kappa shape index (κ3) is 1.97. The molecule has 64 valence electrons. The molecule has 1 aromatic heterocycles. The highest BCUT2D eigenvalue weighted by Crippen LogP contribution is 2.31. The summed E-state index contributed by atoms with van der Waals surface area (Å²) in [4.78, 5) is 3.96. The maximum absolute atomic E-state index is 5.57. The summed E-state index contributed by atoms with van der Waals surface area (Å²) in [7, 11) is 0. The van der Waals surface area contributed by atoms with Gasteiger partial charge < -0.3 is 4.74 Å². The Balaban J connectivity index is 1.96. The minimum absolute atomic E-state index is 0.796. The van der Waals surface area contributed by atoms with Crippen LogP contribution in [0.5, 0.6) is 5.75 Å². The molecule has 2 nitrogen and oxygen atoms in total. The molecular weight excluding hydrogens is 218 g/mol. The van der Waals surface area contributed by atoms with Gasteiger partial charge in [-0.3, -0.25) is 4.98 Å². The molecule has 1 heterocycles. The van der Waals surface area contributed by atoms with Crippen molar-refractivity contribution >= 4 is 15.9 Å². The molecule has 12 heavy (non-hydrogen) atoms. The summed E-state index contributed by atoms with van der Waals surface area (Å²) in [5, 5.41) is 0. The molecule has 0 aliphatic heterocycles. The molecule has 1 saturated carbocycles. The lowest BCUT2D eigenvalue weighted by molar-refractivity contribution is 0.297. The zero-order chi connectivity index (χ0) is 8.39. The number of ether oxygens (including phenoxy) is 1. The van der Waals surface area contributed by atoms with E-state index in [4.69, 9.17) is 4.74 Å². The number of hydrogen-bond donors (Lipinski definition) is 0. The van der Waals surface area contributed by atoms with Gasteiger partial charge in [0.05, 0.1) is 11.1 Å². The van der Waals surface area contributed by atoms with Crippen molar-refractivity contribution in [3.63, 3.8) is 0 Å². The molecule has 0 N–H and O–H groups in total. The second-order valence-corrected chi connectivity index (χ2v) is 3.91. The Bertz CT molecular complexity index is 273. The molecule has 0 aromatic carbocycles. The lowest BCUT2D eigenvalue weighted by atomic mass is 10.4. The maximum atomic E-state index is 5.57. The van der Waals surface area contributed by atoms with Crippen molar-refractivity contribution in [1.29, 1.82) is 0 Å². The van der Waals surface area contributed by atoms with E-state index in [2.05, 4.69) is 20.9 Å². The van der Waals surface area contributed by atoms with E-state index in [0.29, 0.717) is 0 Å². The van der Waals surface area contributed by atoms with Gasteiger partial charge in [0.25, 0.3) is 0 Å². The smallest absolute Gasteiger partial charge is 0.136 e. The molecule has 1 fully saturated rings. The third-order valence-corrected chi connectivity index (χ3v) is 2.50. The number of hydrogen-bond acceptors (Lipinski definition) is 2. The van der Waals surface area contributed by atoms with Gasteiger partial charge in [-0.15, -0.1) is 0 Å². The highest BCUT2D eigenvalue weighted by atomic mass is 79.9. The van der Waals surface area contributed by atoms with Gasteiger partial charge in [0.1, 0.15) is 5.75 Å². The predicted octanol–water partition coefficient (Wildman–Crippen LogP) is 2.63. The van der Waals surface area contributed by atoms with E-state index >= 15 is 0 Å². The number of aromatic nitrogens is 1. The van der Waals surface area contributed by atoms with E-state index in [-0.39, 0.29) is 0 Å². The van der Waals surface area contributed by atoms with Crippen molar-refractivity contribution < 1.29 is 4.74 Å². The van der Waals surface area contributed by atoms with E-state index in [1.54, 1.807) is 12.4 Å². The van der Waals surface area contributed by atoms with Crippen LogP contribution in [0.3, 0.4) is 0 Å². The lowest BCUT2D eigenvalue weighted by Gasteiger charge is -2.05. The molecule has 0 spiro atoms. The Morgan fingerprint density at radius 2 is 2.42 bits per heavy atom. The quantitative estimate of drug-likeness (QED) is 0.793. The van der Waals surface area contributed by atoms with E-state index in [1.165, 1.54) is 12.8 Å². The summed E-state index contributed by atoms with van der Waals surface area (Å²) < 4.78 is 6.51. The fourth-order valence-corrected chi connectivity index (χ4v) is 1.34. The van der Waals surface area contributed by atoms with Gasteiger partial charge in [-0.2, -0.15) is 0 Å². The first-order valence-electron chi connectivity index (χ1n) is 4.08. The van der Waals surface area contributed by atoms with Crippen molar-refractivity contribution in [2.24, 2.45) is 5.92 Å². The number of halogens is 1. The maximum Gasteiger partial charge on any atom is 0.136 e.